The molecule has 25 heavy (non-hydrogen) atoms. The molecular formula is C18H20N4O3. The smallest absolute Gasteiger partial charge is 0.270 e. The Morgan fingerprint density at radius 3 is 2.28 bits per heavy atom. The van der Waals surface area contributed by atoms with E-state index in [2.05, 4.69) is 20.9 Å². The molecule has 1 aromatic heterocycles. The Hall–Kier alpha value is -3.22. The van der Waals surface area contributed by atoms with Crippen LogP contribution in [0.2, 0.25) is 0 Å². The largest absolute Gasteiger partial charge is 0.349 e. The lowest BCUT2D eigenvalue weighted by molar-refractivity contribution is -0.114. The van der Waals surface area contributed by atoms with Crippen molar-refractivity contribution in [1.82, 2.24) is 10.3 Å². The molecule has 0 unspecified atom stereocenters. The van der Waals surface area contributed by atoms with Crippen LogP contribution in [-0.2, 0) is 4.79 Å². The van der Waals surface area contributed by atoms with Gasteiger partial charge in [0, 0.05) is 36.1 Å². The van der Waals surface area contributed by atoms with E-state index in [1.165, 1.54) is 25.3 Å². The molecule has 2 aromatic rings. The highest BCUT2D eigenvalue weighted by Gasteiger charge is 2.13. The molecule has 3 N–H and O–H groups in total. The van der Waals surface area contributed by atoms with Crippen LogP contribution in [0, 0.1) is 0 Å². The molecule has 0 saturated heterocycles. The van der Waals surface area contributed by atoms with Crippen molar-refractivity contribution < 1.29 is 14.4 Å². The number of aromatic nitrogens is 1. The highest BCUT2D eigenvalue weighted by atomic mass is 16.2. The Morgan fingerprint density at radius 1 is 0.960 bits per heavy atom. The van der Waals surface area contributed by atoms with Gasteiger partial charge in [-0.25, -0.2) is 0 Å². The third kappa shape index (κ3) is 5.42. The molecule has 7 nitrogen and oxygen atoms in total. The summed E-state index contributed by atoms with van der Waals surface area (Å²) in [4.78, 5) is 39.5. The van der Waals surface area contributed by atoms with Crippen LogP contribution in [0.4, 0.5) is 11.4 Å². The molecule has 2 rings (SSSR count). The molecule has 3 amide bonds. The molecule has 0 spiro atoms. The van der Waals surface area contributed by atoms with Gasteiger partial charge in [0.15, 0.2) is 0 Å². The Kier molecular flexibility index (Phi) is 5.84. The third-order valence-electron chi connectivity index (χ3n) is 3.12. The number of hydrogen-bond donors (Lipinski definition) is 3. The average molecular weight is 340 g/mol. The van der Waals surface area contributed by atoms with Crippen molar-refractivity contribution in [2.24, 2.45) is 0 Å². The third-order valence-corrected chi connectivity index (χ3v) is 3.12. The maximum absolute atomic E-state index is 12.4. The van der Waals surface area contributed by atoms with Crippen molar-refractivity contribution >= 4 is 29.1 Å². The van der Waals surface area contributed by atoms with E-state index in [4.69, 9.17) is 0 Å². The van der Waals surface area contributed by atoms with Gasteiger partial charge in [0.1, 0.15) is 5.69 Å². The zero-order valence-corrected chi connectivity index (χ0v) is 14.3. The van der Waals surface area contributed by atoms with Gasteiger partial charge in [0.25, 0.3) is 11.8 Å². The van der Waals surface area contributed by atoms with Crippen LogP contribution >= 0.6 is 0 Å². The number of pyridine rings is 1. The predicted octanol–water partition coefficient (Wildman–Crippen LogP) is 2.43. The second-order valence-electron chi connectivity index (χ2n) is 5.77. The fraction of sp³-hybridized carbons (Fsp3) is 0.222. The predicted molar refractivity (Wildman–Crippen MR) is 95.5 cm³/mol. The maximum atomic E-state index is 12.4. The SMILES string of the molecule is CC(=O)Nc1cccc(NC(=O)c2ccnc(C(=O)NC(C)C)c2)c1. The Balaban J connectivity index is 2.13. The molecular weight excluding hydrogens is 320 g/mol. The highest BCUT2D eigenvalue weighted by molar-refractivity contribution is 6.06. The van der Waals surface area contributed by atoms with Gasteiger partial charge >= 0.3 is 0 Å². The van der Waals surface area contributed by atoms with E-state index in [9.17, 15) is 14.4 Å². The van der Waals surface area contributed by atoms with Crippen molar-refractivity contribution in [3.8, 4) is 0 Å². The van der Waals surface area contributed by atoms with E-state index >= 15 is 0 Å². The first-order chi connectivity index (χ1) is 11.8. The molecule has 7 heteroatoms. The second-order valence-corrected chi connectivity index (χ2v) is 5.77. The number of anilines is 2. The number of carbonyl (C=O) groups is 3. The lowest BCUT2D eigenvalue weighted by Crippen LogP contribution is -2.31. The molecule has 130 valence electrons. The number of nitrogens with zero attached hydrogens (tertiary/aromatic N) is 1. The van der Waals surface area contributed by atoms with E-state index in [1.54, 1.807) is 24.3 Å². The van der Waals surface area contributed by atoms with E-state index in [-0.39, 0.29) is 29.5 Å². The summed E-state index contributed by atoms with van der Waals surface area (Å²) in [5, 5.41) is 8.10. The first kappa shape index (κ1) is 18.1. The van der Waals surface area contributed by atoms with Gasteiger partial charge < -0.3 is 16.0 Å². The minimum Gasteiger partial charge on any atom is -0.349 e. The summed E-state index contributed by atoms with van der Waals surface area (Å²) in [6.07, 6.45) is 1.41. The van der Waals surface area contributed by atoms with Crippen molar-refractivity contribution in [1.29, 1.82) is 0 Å². The summed E-state index contributed by atoms with van der Waals surface area (Å²) in [5.41, 5.74) is 1.60. The Bertz CT molecular complexity index is 802. The monoisotopic (exact) mass is 340 g/mol. The van der Waals surface area contributed by atoms with Crippen LogP contribution in [-0.4, -0.2) is 28.7 Å². The van der Waals surface area contributed by atoms with Crippen LogP contribution in [0.1, 0.15) is 41.6 Å². The molecule has 1 aromatic carbocycles. The zero-order valence-electron chi connectivity index (χ0n) is 14.3. The van der Waals surface area contributed by atoms with Crippen LogP contribution in [0.25, 0.3) is 0 Å². The van der Waals surface area contributed by atoms with Crippen LogP contribution < -0.4 is 16.0 Å². The van der Waals surface area contributed by atoms with E-state index in [1.807, 2.05) is 13.8 Å². The quantitative estimate of drug-likeness (QED) is 0.778. The minimum atomic E-state index is -0.374. The van der Waals surface area contributed by atoms with Crippen LogP contribution in [0.3, 0.4) is 0 Å². The van der Waals surface area contributed by atoms with Gasteiger partial charge in [-0.2, -0.15) is 0 Å². The van der Waals surface area contributed by atoms with Gasteiger partial charge in [-0.1, -0.05) is 6.07 Å². The lowest BCUT2D eigenvalue weighted by atomic mass is 10.2. The molecule has 0 aliphatic heterocycles. The van der Waals surface area contributed by atoms with Gasteiger partial charge in [-0.3, -0.25) is 19.4 Å². The molecule has 0 saturated carbocycles. The Morgan fingerprint density at radius 2 is 1.64 bits per heavy atom. The van der Waals surface area contributed by atoms with E-state index < -0.39 is 0 Å². The lowest BCUT2D eigenvalue weighted by Gasteiger charge is -2.10. The van der Waals surface area contributed by atoms with E-state index in [0.29, 0.717) is 16.9 Å². The summed E-state index contributed by atoms with van der Waals surface area (Å²) in [6, 6.07) is 9.73. The first-order valence-electron chi connectivity index (χ1n) is 7.81. The van der Waals surface area contributed by atoms with Crippen molar-refractivity contribution in [2.45, 2.75) is 26.8 Å². The van der Waals surface area contributed by atoms with Gasteiger partial charge in [-0.15, -0.1) is 0 Å². The topological polar surface area (TPSA) is 100 Å². The van der Waals surface area contributed by atoms with Gasteiger partial charge in [-0.05, 0) is 44.2 Å². The molecule has 0 atom stereocenters. The maximum Gasteiger partial charge on any atom is 0.270 e. The molecule has 0 aliphatic carbocycles. The highest BCUT2D eigenvalue weighted by Crippen LogP contribution is 2.16. The van der Waals surface area contributed by atoms with Crippen molar-refractivity contribution in [2.75, 3.05) is 10.6 Å². The minimum absolute atomic E-state index is 0.0247. The van der Waals surface area contributed by atoms with E-state index in [0.717, 1.165) is 0 Å². The van der Waals surface area contributed by atoms with Crippen molar-refractivity contribution in [3.05, 3.63) is 53.9 Å². The Labute approximate surface area is 145 Å². The molecule has 0 bridgehead atoms. The number of amides is 3. The molecule has 0 fully saturated rings. The number of rotatable bonds is 5. The fourth-order valence-corrected chi connectivity index (χ4v) is 2.11. The van der Waals surface area contributed by atoms with Gasteiger partial charge in [0.2, 0.25) is 5.91 Å². The summed E-state index contributed by atoms with van der Waals surface area (Å²) >= 11 is 0. The number of nitrogens with one attached hydrogen (secondary N) is 3. The summed E-state index contributed by atoms with van der Waals surface area (Å²) in [7, 11) is 0. The number of carbonyl (C=O) groups excluding carboxylic acids is 3. The average Bonchev–Trinajstić information content (AvgIpc) is 2.54. The fourth-order valence-electron chi connectivity index (χ4n) is 2.11. The number of benzene rings is 1. The summed E-state index contributed by atoms with van der Waals surface area (Å²) in [6.45, 7) is 5.10. The molecule has 0 aliphatic rings. The zero-order chi connectivity index (χ0) is 18.4. The normalized spacial score (nSPS) is 10.2. The molecule has 1 heterocycles. The summed E-state index contributed by atoms with van der Waals surface area (Å²) < 4.78 is 0. The standard InChI is InChI=1S/C18H20N4O3/c1-11(2)20-18(25)16-9-13(7-8-19-16)17(24)22-15-6-4-5-14(10-15)21-12(3)23/h4-11H,1-3H3,(H,20,25)(H,21,23)(H,22,24). The molecule has 0 radical (unpaired) electrons. The van der Waals surface area contributed by atoms with Gasteiger partial charge in [0.05, 0.1) is 0 Å². The second kappa shape index (κ2) is 8.05. The summed E-state index contributed by atoms with van der Waals surface area (Å²) in [5.74, 6) is -0.906. The van der Waals surface area contributed by atoms with Crippen molar-refractivity contribution in [3.63, 3.8) is 0 Å². The first-order valence-corrected chi connectivity index (χ1v) is 7.81. The van der Waals surface area contributed by atoms with Crippen LogP contribution in [0.15, 0.2) is 42.6 Å². The van der Waals surface area contributed by atoms with Crippen LogP contribution in [0.5, 0.6) is 0 Å². The number of hydrogen-bond acceptors (Lipinski definition) is 4.